The van der Waals surface area contributed by atoms with Crippen LogP contribution in [-0.4, -0.2) is 24.8 Å². The summed E-state index contributed by atoms with van der Waals surface area (Å²) in [5.74, 6) is 0.637. The van der Waals surface area contributed by atoms with Crippen LogP contribution in [0.1, 0.15) is 47.0 Å². The van der Waals surface area contributed by atoms with E-state index in [0.717, 1.165) is 13.2 Å². The minimum absolute atomic E-state index is 0.0580. The van der Waals surface area contributed by atoms with Crippen LogP contribution in [0.15, 0.2) is 0 Å². The van der Waals surface area contributed by atoms with Crippen LogP contribution in [0.4, 0.5) is 0 Å². The van der Waals surface area contributed by atoms with Gasteiger partial charge in [-0.1, -0.05) is 20.8 Å². The Kier molecular flexibility index (Phi) is 4.39. The van der Waals surface area contributed by atoms with Gasteiger partial charge in [-0.2, -0.15) is 0 Å². The largest absolute Gasteiger partial charge is 0.374 e. The van der Waals surface area contributed by atoms with Crippen LogP contribution in [0.3, 0.4) is 0 Å². The molecule has 0 aliphatic carbocycles. The Morgan fingerprint density at radius 2 is 2.07 bits per heavy atom. The second kappa shape index (κ2) is 5.13. The fourth-order valence-corrected chi connectivity index (χ4v) is 2.58. The van der Waals surface area contributed by atoms with E-state index in [9.17, 15) is 0 Å². The van der Waals surface area contributed by atoms with Gasteiger partial charge in [-0.25, -0.2) is 0 Å². The van der Waals surface area contributed by atoms with Gasteiger partial charge in [0, 0.05) is 12.6 Å². The molecular formula is C12H25NO. The van der Waals surface area contributed by atoms with Gasteiger partial charge in [0.25, 0.3) is 0 Å². The third kappa shape index (κ3) is 2.71. The first kappa shape index (κ1) is 12.0. The summed E-state index contributed by atoms with van der Waals surface area (Å²) >= 11 is 0. The van der Waals surface area contributed by atoms with E-state index in [4.69, 9.17) is 4.74 Å². The highest BCUT2D eigenvalue weighted by atomic mass is 16.5. The summed E-state index contributed by atoms with van der Waals surface area (Å²) in [6.45, 7) is 10.9. The number of rotatable bonds is 4. The molecule has 14 heavy (non-hydrogen) atoms. The Labute approximate surface area is 88.4 Å². The number of hydrogen-bond acceptors (Lipinski definition) is 2. The Bertz CT molecular complexity index is 162. The molecule has 1 fully saturated rings. The third-order valence-corrected chi connectivity index (χ3v) is 3.25. The maximum absolute atomic E-state index is 5.98. The fourth-order valence-electron chi connectivity index (χ4n) is 2.58. The second-order valence-corrected chi connectivity index (χ2v) is 4.90. The van der Waals surface area contributed by atoms with Gasteiger partial charge in [0.2, 0.25) is 0 Å². The lowest BCUT2D eigenvalue weighted by atomic mass is 9.82. The third-order valence-electron chi connectivity index (χ3n) is 3.25. The van der Waals surface area contributed by atoms with E-state index in [-0.39, 0.29) is 5.60 Å². The molecule has 2 atom stereocenters. The lowest BCUT2D eigenvalue weighted by molar-refractivity contribution is -0.0972. The lowest BCUT2D eigenvalue weighted by Crippen LogP contribution is -2.54. The van der Waals surface area contributed by atoms with E-state index in [1.165, 1.54) is 19.3 Å². The van der Waals surface area contributed by atoms with Crippen LogP contribution in [0.2, 0.25) is 0 Å². The lowest BCUT2D eigenvalue weighted by Gasteiger charge is -2.43. The Morgan fingerprint density at radius 1 is 1.36 bits per heavy atom. The molecule has 0 bridgehead atoms. The number of ether oxygens (including phenoxy) is 1. The van der Waals surface area contributed by atoms with E-state index in [2.05, 4.69) is 33.0 Å². The molecule has 0 aromatic heterocycles. The molecule has 1 N–H and O–H groups in total. The molecule has 1 aliphatic heterocycles. The summed E-state index contributed by atoms with van der Waals surface area (Å²) in [7, 11) is 0. The summed E-state index contributed by atoms with van der Waals surface area (Å²) in [4.78, 5) is 0. The molecule has 1 saturated heterocycles. The number of nitrogens with one attached hydrogen (secondary N) is 1. The van der Waals surface area contributed by atoms with E-state index >= 15 is 0 Å². The van der Waals surface area contributed by atoms with Crippen molar-refractivity contribution >= 4 is 0 Å². The zero-order valence-electron chi connectivity index (χ0n) is 10.1. The summed E-state index contributed by atoms with van der Waals surface area (Å²) in [6.07, 6.45) is 3.74. The SMILES string of the molecule is CCNC(C(C)C)C1(C)CCCCO1. The summed E-state index contributed by atoms with van der Waals surface area (Å²) < 4.78 is 5.98. The van der Waals surface area contributed by atoms with Crippen LogP contribution in [0.5, 0.6) is 0 Å². The predicted octanol–water partition coefficient (Wildman–Crippen LogP) is 2.58. The van der Waals surface area contributed by atoms with Gasteiger partial charge < -0.3 is 10.1 Å². The highest BCUT2D eigenvalue weighted by molar-refractivity contribution is 4.92. The first-order valence-electron chi connectivity index (χ1n) is 5.97. The zero-order valence-corrected chi connectivity index (χ0v) is 10.1. The summed E-state index contributed by atoms with van der Waals surface area (Å²) in [6, 6.07) is 0.493. The van der Waals surface area contributed by atoms with E-state index in [0.29, 0.717) is 12.0 Å². The Balaban J connectivity index is 2.63. The van der Waals surface area contributed by atoms with E-state index < -0.39 is 0 Å². The first-order chi connectivity index (χ1) is 6.60. The van der Waals surface area contributed by atoms with Crippen molar-refractivity contribution in [1.29, 1.82) is 0 Å². The van der Waals surface area contributed by atoms with Gasteiger partial charge in [-0.15, -0.1) is 0 Å². The molecule has 1 aliphatic rings. The van der Waals surface area contributed by atoms with Gasteiger partial charge in [0.1, 0.15) is 0 Å². The molecule has 84 valence electrons. The fraction of sp³-hybridized carbons (Fsp3) is 1.00. The molecule has 1 heterocycles. The van der Waals surface area contributed by atoms with Crippen LogP contribution in [-0.2, 0) is 4.74 Å². The van der Waals surface area contributed by atoms with Gasteiger partial charge in [-0.05, 0) is 38.6 Å². The molecule has 2 nitrogen and oxygen atoms in total. The Morgan fingerprint density at radius 3 is 2.50 bits per heavy atom. The predicted molar refractivity (Wildman–Crippen MR) is 60.5 cm³/mol. The van der Waals surface area contributed by atoms with E-state index in [1.54, 1.807) is 0 Å². The number of hydrogen-bond donors (Lipinski definition) is 1. The highest BCUT2D eigenvalue weighted by Gasteiger charge is 2.37. The summed E-state index contributed by atoms with van der Waals surface area (Å²) in [5, 5.41) is 3.57. The maximum Gasteiger partial charge on any atom is 0.0809 e. The van der Waals surface area contributed by atoms with Crippen molar-refractivity contribution in [3.63, 3.8) is 0 Å². The minimum atomic E-state index is 0.0580. The van der Waals surface area contributed by atoms with Crippen LogP contribution in [0.25, 0.3) is 0 Å². The zero-order chi connectivity index (χ0) is 10.6. The highest BCUT2D eigenvalue weighted by Crippen LogP contribution is 2.31. The Hall–Kier alpha value is -0.0800. The normalized spacial score (nSPS) is 30.6. The van der Waals surface area contributed by atoms with Crippen molar-refractivity contribution in [3.8, 4) is 0 Å². The minimum Gasteiger partial charge on any atom is -0.374 e. The smallest absolute Gasteiger partial charge is 0.0809 e. The van der Waals surface area contributed by atoms with Gasteiger partial charge >= 0.3 is 0 Å². The van der Waals surface area contributed by atoms with Gasteiger partial charge in [-0.3, -0.25) is 0 Å². The van der Waals surface area contributed by atoms with Gasteiger partial charge in [0.15, 0.2) is 0 Å². The molecule has 0 spiro atoms. The second-order valence-electron chi connectivity index (χ2n) is 4.90. The molecular weight excluding hydrogens is 174 g/mol. The van der Waals surface area contributed by atoms with Crippen molar-refractivity contribution in [3.05, 3.63) is 0 Å². The van der Waals surface area contributed by atoms with Crippen molar-refractivity contribution < 1.29 is 4.74 Å². The van der Waals surface area contributed by atoms with Crippen molar-refractivity contribution in [2.75, 3.05) is 13.2 Å². The maximum atomic E-state index is 5.98. The van der Waals surface area contributed by atoms with E-state index in [1.807, 2.05) is 0 Å². The molecule has 0 radical (unpaired) electrons. The average Bonchev–Trinajstić information content (AvgIpc) is 2.14. The molecule has 0 amide bonds. The molecule has 0 saturated carbocycles. The molecule has 0 aromatic rings. The quantitative estimate of drug-likeness (QED) is 0.751. The standard InChI is InChI=1S/C12H25NO/c1-5-13-11(10(2)3)12(4)8-6-7-9-14-12/h10-11,13H,5-9H2,1-4H3. The topological polar surface area (TPSA) is 21.3 Å². The molecule has 2 heteroatoms. The van der Waals surface area contributed by atoms with Gasteiger partial charge in [0.05, 0.1) is 5.60 Å². The van der Waals surface area contributed by atoms with Crippen molar-refractivity contribution in [2.45, 2.75) is 58.6 Å². The van der Waals surface area contributed by atoms with Crippen molar-refractivity contribution in [2.24, 2.45) is 5.92 Å². The van der Waals surface area contributed by atoms with Crippen LogP contribution < -0.4 is 5.32 Å². The molecule has 1 rings (SSSR count). The first-order valence-corrected chi connectivity index (χ1v) is 5.97. The monoisotopic (exact) mass is 199 g/mol. The number of likely N-dealkylation sites (N-methyl/N-ethyl adjacent to an activating group) is 1. The molecule has 2 unspecified atom stereocenters. The summed E-state index contributed by atoms with van der Waals surface area (Å²) in [5.41, 5.74) is 0.0580. The average molecular weight is 199 g/mol. The van der Waals surface area contributed by atoms with Crippen LogP contribution >= 0.6 is 0 Å². The van der Waals surface area contributed by atoms with Crippen molar-refractivity contribution in [1.82, 2.24) is 5.32 Å². The molecule has 0 aromatic carbocycles. The van der Waals surface area contributed by atoms with Crippen LogP contribution in [0, 0.1) is 5.92 Å².